The molecule has 0 aliphatic rings. The van der Waals surface area contributed by atoms with E-state index in [1.807, 2.05) is 13.0 Å². The van der Waals surface area contributed by atoms with Crippen molar-refractivity contribution < 1.29 is 4.39 Å². The van der Waals surface area contributed by atoms with E-state index in [1.165, 1.54) is 4.90 Å². The Hall–Kier alpha value is -0.540. The van der Waals surface area contributed by atoms with Crippen LogP contribution in [0.3, 0.4) is 0 Å². The zero-order valence-corrected chi connectivity index (χ0v) is 11.2. The van der Waals surface area contributed by atoms with Gasteiger partial charge in [-0.1, -0.05) is 13.8 Å². The molecule has 0 saturated carbocycles. The Morgan fingerprint density at radius 1 is 1.38 bits per heavy atom. The van der Waals surface area contributed by atoms with Crippen LogP contribution in [0.25, 0.3) is 0 Å². The fourth-order valence-electron chi connectivity index (χ4n) is 1.71. The van der Waals surface area contributed by atoms with E-state index in [0.29, 0.717) is 0 Å². The van der Waals surface area contributed by atoms with Gasteiger partial charge in [-0.25, -0.2) is 4.39 Å². The minimum absolute atomic E-state index is 0.111. The Balaban J connectivity index is 3.08. The molecule has 3 heteroatoms. The normalized spacial score (nSPS) is 12.8. The number of nitrogens with one attached hydrogen (secondary N) is 1. The largest absolute Gasteiger partial charge is 0.310 e. The molecule has 1 unspecified atom stereocenters. The van der Waals surface area contributed by atoms with Crippen molar-refractivity contribution in [2.24, 2.45) is 0 Å². The summed E-state index contributed by atoms with van der Waals surface area (Å²) in [4.78, 5) is 1.19. The summed E-state index contributed by atoms with van der Waals surface area (Å²) < 4.78 is 13.6. The van der Waals surface area contributed by atoms with Crippen LogP contribution in [0.5, 0.6) is 0 Å². The molecule has 0 bridgehead atoms. The van der Waals surface area contributed by atoms with Crippen LogP contribution in [-0.4, -0.2) is 12.3 Å². The molecule has 1 rings (SSSR count). The predicted molar refractivity (Wildman–Crippen MR) is 69.6 cm³/mol. The number of hydrogen-bond donors (Lipinski definition) is 1. The lowest BCUT2D eigenvalue weighted by Crippen LogP contribution is -2.18. The summed E-state index contributed by atoms with van der Waals surface area (Å²) in [6, 6.07) is 3.82. The molecular weight excluding hydrogens is 221 g/mol. The van der Waals surface area contributed by atoms with Gasteiger partial charge in [0, 0.05) is 10.9 Å². The van der Waals surface area contributed by atoms with Crippen molar-refractivity contribution in [3.05, 3.63) is 29.1 Å². The zero-order chi connectivity index (χ0) is 12.1. The van der Waals surface area contributed by atoms with Gasteiger partial charge in [0.05, 0.1) is 0 Å². The van der Waals surface area contributed by atoms with Crippen molar-refractivity contribution in [1.29, 1.82) is 0 Å². The van der Waals surface area contributed by atoms with E-state index in [-0.39, 0.29) is 11.9 Å². The fourth-order valence-corrected chi connectivity index (χ4v) is 2.68. The second-order valence-electron chi connectivity index (χ2n) is 3.85. The molecule has 0 amide bonds. The second-order valence-corrected chi connectivity index (χ2v) is 5.16. The summed E-state index contributed by atoms with van der Waals surface area (Å²) in [7, 11) is 0. The predicted octanol–water partition coefficient (Wildman–Crippen LogP) is 3.92. The highest BCUT2D eigenvalue weighted by Gasteiger charge is 2.12. The lowest BCUT2D eigenvalue weighted by molar-refractivity contribution is 0.571. The first-order valence-corrected chi connectivity index (χ1v) is 6.74. The van der Waals surface area contributed by atoms with Gasteiger partial charge in [0.2, 0.25) is 0 Å². The van der Waals surface area contributed by atoms with Crippen molar-refractivity contribution in [3.8, 4) is 0 Å². The van der Waals surface area contributed by atoms with Crippen LogP contribution in [0, 0.1) is 12.7 Å². The summed E-state index contributed by atoms with van der Waals surface area (Å²) >= 11 is 1.77. The highest BCUT2D eigenvalue weighted by molar-refractivity contribution is 7.99. The number of benzene rings is 1. The van der Waals surface area contributed by atoms with Gasteiger partial charge in [-0.3, -0.25) is 0 Å². The number of hydrogen-bond acceptors (Lipinski definition) is 2. The van der Waals surface area contributed by atoms with Crippen molar-refractivity contribution >= 4 is 11.8 Å². The van der Waals surface area contributed by atoms with E-state index in [0.717, 1.165) is 23.4 Å². The molecule has 1 atom stereocenters. The average Bonchev–Trinajstić information content (AvgIpc) is 2.23. The van der Waals surface area contributed by atoms with E-state index < -0.39 is 0 Å². The molecule has 1 N–H and O–H groups in total. The van der Waals surface area contributed by atoms with Crippen molar-refractivity contribution in [3.63, 3.8) is 0 Å². The molecule has 16 heavy (non-hydrogen) atoms. The summed E-state index contributed by atoms with van der Waals surface area (Å²) in [5.41, 5.74) is 1.79. The molecule has 0 saturated heterocycles. The lowest BCUT2D eigenvalue weighted by atomic mass is 10.1. The van der Waals surface area contributed by atoms with Crippen LogP contribution in [0.2, 0.25) is 0 Å². The quantitative estimate of drug-likeness (QED) is 0.784. The molecule has 0 heterocycles. The molecule has 0 aliphatic heterocycles. The third-order valence-corrected chi connectivity index (χ3v) is 3.52. The Morgan fingerprint density at radius 2 is 2.06 bits per heavy atom. The standard InChI is InChI=1S/C13H20FNS/c1-5-15-10(4)11-8-12(14)9(3)7-13(11)16-6-2/h7-8,10,15H,5-6H2,1-4H3. The highest BCUT2D eigenvalue weighted by atomic mass is 32.2. The third kappa shape index (κ3) is 3.22. The first-order chi connectivity index (χ1) is 7.60. The summed E-state index contributed by atoms with van der Waals surface area (Å²) in [6.07, 6.45) is 0. The lowest BCUT2D eigenvalue weighted by Gasteiger charge is -2.17. The van der Waals surface area contributed by atoms with Gasteiger partial charge in [0.1, 0.15) is 5.82 Å². The second kappa shape index (κ2) is 6.26. The van der Waals surface area contributed by atoms with E-state index in [4.69, 9.17) is 0 Å². The monoisotopic (exact) mass is 241 g/mol. The van der Waals surface area contributed by atoms with Crippen molar-refractivity contribution in [2.45, 2.75) is 38.6 Å². The molecule has 0 radical (unpaired) electrons. The molecule has 0 aromatic heterocycles. The maximum atomic E-state index is 13.6. The summed E-state index contributed by atoms with van der Waals surface area (Å²) in [6.45, 7) is 8.97. The minimum atomic E-state index is -0.111. The molecule has 0 spiro atoms. The van der Waals surface area contributed by atoms with Crippen LogP contribution in [0.1, 0.15) is 37.9 Å². The third-order valence-electron chi connectivity index (χ3n) is 2.57. The molecule has 0 fully saturated rings. The van der Waals surface area contributed by atoms with Crippen LogP contribution >= 0.6 is 11.8 Å². The van der Waals surface area contributed by atoms with Gasteiger partial charge in [-0.15, -0.1) is 11.8 Å². The number of thioether (sulfide) groups is 1. The SMILES string of the molecule is CCNC(C)c1cc(F)c(C)cc1SCC. The minimum Gasteiger partial charge on any atom is -0.310 e. The number of halogens is 1. The molecule has 1 aromatic rings. The van der Waals surface area contributed by atoms with Crippen LogP contribution in [0.15, 0.2) is 17.0 Å². The van der Waals surface area contributed by atoms with Crippen molar-refractivity contribution in [1.82, 2.24) is 5.32 Å². The summed E-state index contributed by atoms with van der Waals surface area (Å²) in [5, 5.41) is 3.33. The van der Waals surface area contributed by atoms with E-state index >= 15 is 0 Å². The maximum Gasteiger partial charge on any atom is 0.126 e. The first kappa shape index (κ1) is 13.5. The number of aryl methyl sites for hydroxylation is 1. The summed E-state index contributed by atoms with van der Waals surface area (Å²) in [5.74, 6) is 0.900. The van der Waals surface area contributed by atoms with Crippen molar-refractivity contribution in [2.75, 3.05) is 12.3 Å². The van der Waals surface area contributed by atoms with E-state index in [2.05, 4.69) is 26.1 Å². The Bertz CT molecular complexity index is 352. The van der Waals surface area contributed by atoms with Gasteiger partial charge < -0.3 is 5.32 Å². The number of rotatable bonds is 5. The average molecular weight is 241 g/mol. The van der Waals surface area contributed by atoms with Gasteiger partial charge in [-0.05, 0) is 49.4 Å². The van der Waals surface area contributed by atoms with Crippen LogP contribution < -0.4 is 5.32 Å². The van der Waals surface area contributed by atoms with Gasteiger partial charge >= 0.3 is 0 Å². The maximum absolute atomic E-state index is 13.6. The molecule has 1 aromatic carbocycles. The van der Waals surface area contributed by atoms with Gasteiger partial charge in [0.25, 0.3) is 0 Å². The first-order valence-electron chi connectivity index (χ1n) is 5.76. The van der Waals surface area contributed by atoms with Gasteiger partial charge in [-0.2, -0.15) is 0 Å². The van der Waals surface area contributed by atoms with E-state index in [1.54, 1.807) is 17.8 Å². The molecule has 0 aliphatic carbocycles. The topological polar surface area (TPSA) is 12.0 Å². The Labute approximate surface area is 102 Å². The van der Waals surface area contributed by atoms with Crippen LogP contribution in [-0.2, 0) is 0 Å². The zero-order valence-electron chi connectivity index (χ0n) is 10.4. The molecule has 1 nitrogen and oxygen atoms in total. The Kier molecular flexibility index (Phi) is 5.29. The Morgan fingerprint density at radius 3 is 2.62 bits per heavy atom. The van der Waals surface area contributed by atoms with E-state index in [9.17, 15) is 4.39 Å². The molecule has 90 valence electrons. The van der Waals surface area contributed by atoms with Crippen LogP contribution in [0.4, 0.5) is 4.39 Å². The highest BCUT2D eigenvalue weighted by Crippen LogP contribution is 2.29. The molecular formula is C13H20FNS. The van der Waals surface area contributed by atoms with Gasteiger partial charge in [0.15, 0.2) is 0 Å². The fraction of sp³-hybridized carbons (Fsp3) is 0.538. The smallest absolute Gasteiger partial charge is 0.126 e.